The molecule has 8 heteroatoms. The monoisotopic (exact) mass is 332 g/mol. The van der Waals surface area contributed by atoms with Gasteiger partial charge in [-0.1, -0.05) is 18.2 Å². The lowest BCUT2D eigenvalue weighted by atomic mass is 10.2. The number of urea groups is 1. The fraction of sp³-hybridized carbons (Fsp3) is 0.375. The number of ether oxygens (including phenoxy) is 2. The van der Waals surface area contributed by atoms with Crippen LogP contribution in [0.1, 0.15) is 30.6 Å². The molecule has 24 heavy (non-hydrogen) atoms. The Hall–Kier alpha value is -2.74. The van der Waals surface area contributed by atoms with Crippen LogP contribution < -0.4 is 5.32 Å². The molecule has 1 fully saturated rings. The number of hydrogen-bond donors (Lipinski definition) is 1. The van der Waals surface area contributed by atoms with E-state index in [9.17, 15) is 9.59 Å². The minimum absolute atomic E-state index is 0.349. The number of amides is 2. The zero-order valence-corrected chi connectivity index (χ0v) is 13.6. The van der Waals surface area contributed by atoms with Gasteiger partial charge in [-0.05, 0) is 26.0 Å². The Morgan fingerprint density at radius 1 is 1.33 bits per heavy atom. The SMILES string of the molecule is C=NN=C1CCN([C@@H](C)O[C@@H](C)OC(=O)c2ccccc2)C(=O)N1. The Morgan fingerprint density at radius 3 is 2.67 bits per heavy atom. The molecule has 0 aromatic heterocycles. The summed E-state index contributed by atoms with van der Waals surface area (Å²) in [7, 11) is 0. The molecular weight excluding hydrogens is 312 g/mol. The van der Waals surface area contributed by atoms with Crippen molar-refractivity contribution in [3.63, 3.8) is 0 Å². The third-order valence-electron chi connectivity index (χ3n) is 3.40. The lowest BCUT2D eigenvalue weighted by molar-refractivity contribution is -0.158. The predicted molar refractivity (Wildman–Crippen MR) is 88.7 cm³/mol. The van der Waals surface area contributed by atoms with E-state index in [4.69, 9.17) is 9.47 Å². The summed E-state index contributed by atoms with van der Waals surface area (Å²) in [5, 5.41) is 9.72. The molecule has 0 unspecified atom stereocenters. The summed E-state index contributed by atoms with van der Waals surface area (Å²) in [5.74, 6) is -0.0214. The summed E-state index contributed by atoms with van der Waals surface area (Å²) < 4.78 is 10.8. The van der Waals surface area contributed by atoms with Crippen LogP contribution in [0.2, 0.25) is 0 Å². The molecular formula is C16H20N4O4. The van der Waals surface area contributed by atoms with Crippen molar-refractivity contribution in [1.82, 2.24) is 10.2 Å². The van der Waals surface area contributed by atoms with Gasteiger partial charge in [0, 0.05) is 19.7 Å². The number of hydrogen-bond acceptors (Lipinski definition) is 6. The molecule has 2 amide bonds. The maximum Gasteiger partial charge on any atom is 0.340 e. The minimum atomic E-state index is -0.801. The number of carbonyl (C=O) groups is 2. The van der Waals surface area contributed by atoms with E-state index in [0.29, 0.717) is 24.4 Å². The van der Waals surface area contributed by atoms with Gasteiger partial charge >= 0.3 is 12.0 Å². The van der Waals surface area contributed by atoms with E-state index >= 15 is 0 Å². The van der Waals surface area contributed by atoms with Crippen LogP contribution in [-0.2, 0) is 9.47 Å². The molecule has 1 saturated heterocycles. The predicted octanol–water partition coefficient (Wildman–Crippen LogP) is 1.98. The normalized spacial score (nSPS) is 18.7. The number of nitrogens with one attached hydrogen (secondary N) is 1. The van der Waals surface area contributed by atoms with Crippen LogP contribution in [0.4, 0.5) is 4.79 Å². The fourth-order valence-corrected chi connectivity index (χ4v) is 2.26. The summed E-state index contributed by atoms with van der Waals surface area (Å²) in [5.41, 5.74) is 0.439. The molecule has 0 spiro atoms. The average Bonchev–Trinajstić information content (AvgIpc) is 2.55. The first-order chi connectivity index (χ1) is 11.5. The fourth-order valence-electron chi connectivity index (χ4n) is 2.26. The van der Waals surface area contributed by atoms with Gasteiger partial charge in [-0.2, -0.15) is 5.10 Å². The van der Waals surface area contributed by atoms with Gasteiger partial charge < -0.3 is 9.47 Å². The topological polar surface area (TPSA) is 92.6 Å². The highest BCUT2D eigenvalue weighted by Gasteiger charge is 2.28. The molecule has 1 aliphatic rings. The maximum absolute atomic E-state index is 12.0. The van der Waals surface area contributed by atoms with Crippen molar-refractivity contribution in [3.8, 4) is 0 Å². The maximum atomic E-state index is 12.0. The van der Waals surface area contributed by atoms with E-state index in [1.807, 2.05) is 6.07 Å². The molecule has 0 aliphatic carbocycles. The molecule has 0 bridgehead atoms. The van der Waals surface area contributed by atoms with Gasteiger partial charge in [-0.25, -0.2) is 9.59 Å². The zero-order valence-electron chi connectivity index (χ0n) is 13.6. The zero-order chi connectivity index (χ0) is 17.5. The molecule has 1 heterocycles. The number of nitrogens with zero attached hydrogens (tertiary/aromatic N) is 3. The highest BCUT2D eigenvalue weighted by atomic mass is 16.7. The van der Waals surface area contributed by atoms with E-state index in [2.05, 4.69) is 22.2 Å². The summed E-state index contributed by atoms with van der Waals surface area (Å²) in [6.45, 7) is 6.98. The van der Waals surface area contributed by atoms with Crippen LogP contribution in [-0.4, -0.2) is 48.5 Å². The number of amidine groups is 1. The van der Waals surface area contributed by atoms with Crippen molar-refractivity contribution in [2.24, 2.45) is 10.2 Å². The summed E-state index contributed by atoms with van der Waals surface area (Å²) in [4.78, 5) is 25.5. The third kappa shape index (κ3) is 4.63. The second-order valence-corrected chi connectivity index (χ2v) is 5.14. The van der Waals surface area contributed by atoms with Crippen molar-refractivity contribution in [3.05, 3.63) is 35.9 Å². The van der Waals surface area contributed by atoms with Gasteiger partial charge in [-0.3, -0.25) is 10.2 Å². The summed E-state index contributed by atoms with van der Waals surface area (Å²) in [6, 6.07) is 8.28. The second-order valence-electron chi connectivity index (χ2n) is 5.14. The second kappa shape index (κ2) is 8.21. The van der Waals surface area contributed by atoms with Gasteiger partial charge in [-0.15, -0.1) is 5.10 Å². The lowest BCUT2D eigenvalue weighted by Crippen LogP contribution is -2.54. The average molecular weight is 332 g/mol. The van der Waals surface area contributed by atoms with E-state index < -0.39 is 18.5 Å². The van der Waals surface area contributed by atoms with E-state index in [1.54, 1.807) is 38.1 Å². The number of esters is 1. The first-order valence-corrected chi connectivity index (χ1v) is 7.53. The van der Waals surface area contributed by atoms with Crippen molar-refractivity contribution >= 4 is 24.6 Å². The van der Waals surface area contributed by atoms with E-state index in [-0.39, 0.29) is 6.03 Å². The van der Waals surface area contributed by atoms with Crippen molar-refractivity contribution in [2.45, 2.75) is 32.8 Å². The summed E-state index contributed by atoms with van der Waals surface area (Å²) >= 11 is 0. The first-order valence-electron chi connectivity index (χ1n) is 7.53. The highest BCUT2D eigenvalue weighted by molar-refractivity contribution is 5.99. The first kappa shape index (κ1) is 17.6. The van der Waals surface area contributed by atoms with E-state index in [1.165, 1.54) is 4.90 Å². The van der Waals surface area contributed by atoms with Crippen molar-refractivity contribution in [1.29, 1.82) is 0 Å². The molecule has 2 rings (SSSR count). The molecule has 1 aliphatic heterocycles. The number of carbonyl (C=O) groups excluding carboxylic acids is 2. The number of benzene rings is 1. The molecule has 0 saturated carbocycles. The standard InChI is InChI=1S/C16H20N4O4/c1-11(20-10-9-14(19-17-3)18-16(20)22)23-12(2)24-15(21)13-7-5-4-6-8-13/h4-8,11-12H,3,9-10H2,1-2H3,(H,18,19,22)/t11-,12-/m1/s1. The van der Waals surface area contributed by atoms with E-state index in [0.717, 1.165) is 0 Å². The van der Waals surface area contributed by atoms with Crippen LogP contribution >= 0.6 is 0 Å². The van der Waals surface area contributed by atoms with Crippen LogP contribution in [0.15, 0.2) is 40.5 Å². The van der Waals surface area contributed by atoms with Gasteiger partial charge in [0.1, 0.15) is 12.1 Å². The van der Waals surface area contributed by atoms with Gasteiger partial charge in [0.15, 0.2) is 0 Å². The molecule has 8 nitrogen and oxygen atoms in total. The largest absolute Gasteiger partial charge is 0.432 e. The van der Waals surface area contributed by atoms with Crippen LogP contribution in [0, 0.1) is 0 Å². The van der Waals surface area contributed by atoms with Gasteiger partial charge in [0.05, 0.1) is 5.56 Å². The molecule has 2 atom stereocenters. The molecule has 128 valence electrons. The minimum Gasteiger partial charge on any atom is -0.432 e. The molecule has 1 N–H and O–H groups in total. The van der Waals surface area contributed by atoms with Crippen molar-refractivity contribution < 1.29 is 19.1 Å². The molecule has 0 radical (unpaired) electrons. The van der Waals surface area contributed by atoms with Gasteiger partial charge in [0.25, 0.3) is 0 Å². The van der Waals surface area contributed by atoms with Crippen molar-refractivity contribution in [2.75, 3.05) is 6.54 Å². The third-order valence-corrected chi connectivity index (χ3v) is 3.40. The van der Waals surface area contributed by atoms with Crippen LogP contribution in [0.3, 0.4) is 0 Å². The Kier molecular flexibility index (Phi) is 6.02. The smallest absolute Gasteiger partial charge is 0.340 e. The summed E-state index contributed by atoms with van der Waals surface area (Å²) in [6.07, 6.45) is -0.858. The van der Waals surface area contributed by atoms with Crippen LogP contribution in [0.25, 0.3) is 0 Å². The lowest BCUT2D eigenvalue weighted by Gasteiger charge is -2.33. The number of rotatable bonds is 6. The Balaban J connectivity index is 1.86. The Bertz CT molecular complexity index is 632. The Morgan fingerprint density at radius 2 is 2.04 bits per heavy atom. The molecule has 1 aromatic rings. The molecule has 1 aromatic carbocycles. The van der Waals surface area contributed by atoms with Gasteiger partial charge in [0.2, 0.25) is 6.29 Å². The Labute approximate surface area is 140 Å². The highest BCUT2D eigenvalue weighted by Crippen LogP contribution is 2.12. The van der Waals surface area contributed by atoms with Crippen LogP contribution in [0.5, 0.6) is 0 Å². The quantitative estimate of drug-likeness (QED) is 0.373.